The van der Waals surface area contributed by atoms with E-state index in [9.17, 15) is 9.90 Å². The van der Waals surface area contributed by atoms with Gasteiger partial charge in [-0.3, -0.25) is 4.79 Å². The van der Waals surface area contributed by atoms with E-state index in [1.807, 2.05) is 25.2 Å². The molecule has 0 aliphatic heterocycles. The first kappa shape index (κ1) is 9.33. The van der Waals surface area contributed by atoms with Gasteiger partial charge in [-0.1, -0.05) is 11.3 Å². The van der Waals surface area contributed by atoms with Crippen molar-refractivity contribution in [3.8, 4) is 0 Å². The van der Waals surface area contributed by atoms with Crippen LogP contribution in [0.1, 0.15) is 18.4 Å². The molecule has 3 rings (SSSR count). The number of nitrogens with zero attached hydrogens (tertiary/aromatic N) is 3. The Balaban J connectivity index is 2.16. The molecule has 1 fully saturated rings. The number of aliphatic carboxylic acids is 1. The SMILES string of the molecule is Cn1nnc2cc(C3(C(=O)O)CC3)ccc21. The van der Waals surface area contributed by atoms with Crippen molar-refractivity contribution in [2.24, 2.45) is 7.05 Å². The number of fused-ring (bicyclic) bond motifs is 1. The van der Waals surface area contributed by atoms with E-state index in [4.69, 9.17) is 0 Å². The van der Waals surface area contributed by atoms with Gasteiger partial charge >= 0.3 is 5.97 Å². The number of hydrogen-bond acceptors (Lipinski definition) is 3. The number of carboxylic acids is 1. The molecule has 2 aromatic rings. The highest BCUT2D eigenvalue weighted by Gasteiger charge is 2.51. The lowest BCUT2D eigenvalue weighted by molar-refractivity contribution is -0.140. The van der Waals surface area contributed by atoms with Crippen molar-refractivity contribution in [3.05, 3.63) is 23.8 Å². The number of hydrogen-bond donors (Lipinski definition) is 1. The molecule has 0 unspecified atom stereocenters. The fourth-order valence-corrected chi connectivity index (χ4v) is 2.09. The molecule has 5 heteroatoms. The van der Waals surface area contributed by atoms with Gasteiger partial charge in [-0.25, -0.2) is 4.68 Å². The summed E-state index contributed by atoms with van der Waals surface area (Å²) < 4.78 is 1.68. The van der Waals surface area contributed by atoms with Crippen molar-refractivity contribution in [2.45, 2.75) is 18.3 Å². The van der Waals surface area contributed by atoms with E-state index in [2.05, 4.69) is 10.3 Å². The van der Waals surface area contributed by atoms with Crippen LogP contribution >= 0.6 is 0 Å². The summed E-state index contributed by atoms with van der Waals surface area (Å²) in [6, 6.07) is 5.59. The van der Waals surface area contributed by atoms with Gasteiger partial charge in [0.2, 0.25) is 0 Å². The van der Waals surface area contributed by atoms with Crippen LogP contribution in [0.5, 0.6) is 0 Å². The summed E-state index contributed by atoms with van der Waals surface area (Å²) in [6.07, 6.45) is 1.43. The number of aryl methyl sites for hydroxylation is 1. The van der Waals surface area contributed by atoms with Gasteiger partial charge in [0.25, 0.3) is 0 Å². The first-order valence-corrected chi connectivity index (χ1v) is 5.17. The monoisotopic (exact) mass is 217 g/mol. The van der Waals surface area contributed by atoms with E-state index in [0.29, 0.717) is 12.8 Å². The second-order valence-electron chi connectivity index (χ2n) is 4.30. The molecular weight excluding hydrogens is 206 g/mol. The number of aromatic nitrogens is 3. The highest BCUT2D eigenvalue weighted by molar-refractivity contribution is 5.87. The van der Waals surface area contributed by atoms with Crippen LogP contribution in [0.25, 0.3) is 11.0 Å². The molecule has 1 aromatic carbocycles. The van der Waals surface area contributed by atoms with Crippen LogP contribution in [0.3, 0.4) is 0 Å². The molecule has 0 radical (unpaired) electrons. The van der Waals surface area contributed by atoms with Gasteiger partial charge < -0.3 is 5.11 Å². The lowest BCUT2D eigenvalue weighted by Gasteiger charge is -2.09. The summed E-state index contributed by atoms with van der Waals surface area (Å²) in [6.45, 7) is 0. The second-order valence-corrected chi connectivity index (χ2v) is 4.30. The molecule has 0 saturated heterocycles. The number of carboxylic acid groups (broad SMARTS) is 1. The summed E-state index contributed by atoms with van der Waals surface area (Å²) in [7, 11) is 1.82. The predicted octanol–water partition coefficient (Wildman–Crippen LogP) is 1.08. The predicted molar refractivity (Wildman–Crippen MR) is 57.1 cm³/mol. The van der Waals surface area contributed by atoms with Gasteiger partial charge in [-0.05, 0) is 30.5 Å². The van der Waals surface area contributed by atoms with Gasteiger partial charge in [0.05, 0.1) is 10.9 Å². The Labute approximate surface area is 91.7 Å². The van der Waals surface area contributed by atoms with E-state index < -0.39 is 11.4 Å². The van der Waals surface area contributed by atoms with Gasteiger partial charge in [-0.15, -0.1) is 5.10 Å². The highest BCUT2D eigenvalue weighted by atomic mass is 16.4. The summed E-state index contributed by atoms with van der Waals surface area (Å²) >= 11 is 0. The van der Waals surface area contributed by atoms with E-state index in [1.165, 1.54) is 0 Å². The molecule has 0 amide bonds. The maximum absolute atomic E-state index is 11.2. The van der Waals surface area contributed by atoms with Crippen molar-refractivity contribution < 1.29 is 9.90 Å². The van der Waals surface area contributed by atoms with Crippen LogP contribution in [0.2, 0.25) is 0 Å². The fraction of sp³-hybridized carbons (Fsp3) is 0.364. The van der Waals surface area contributed by atoms with Crippen molar-refractivity contribution in [3.63, 3.8) is 0 Å². The van der Waals surface area contributed by atoms with Crippen LogP contribution in [0, 0.1) is 0 Å². The first-order chi connectivity index (χ1) is 7.63. The minimum Gasteiger partial charge on any atom is -0.481 e. The average Bonchev–Trinajstić information content (AvgIpc) is 3.00. The number of benzene rings is 1. The molecule has 0 bridgehead atoms. The lowest BCUT2D eigenvalue weighted by Crippen LogP contribution is -2.19. The topological polar surface area (TPSA) is 68.0 Å². The third-order valence-corrected chi connectivity index (χ3v) is 3.32. The minimum atomic E-state index is -0.740. The van der Waals surface area contributed by atoms with Crippen LogP contribution < -0.4 is 0 Å². The second kappa shape index (κ2) is 2.81. The molecule has 0 atom stereocenters. The molecule has 82 valence electrons. The zero-order valence-corrected chi connectivity index (χ0v) is 8.84. The third-order valence-electron chi connectivity index (χ3n) is 3.32. The van der Waals surface area contributed by atoms with Gasteiger partial charge in [-0.2, -0.15) is 0 Å². The van der Waals surface area contributed by atoms with Crippen LogP contribution in [-0.2, 0) is 17.3 Å². The zero-order valence-electron chi connectivity index (χ0n) is 8.84. The van der Waals surface area contributed by atoms with Gasteiger partial charge in [0.1, 0.15) is 5.52 Å². The van der Waals surface area contributed by atoms with Crippen molar-refractivity contribution in [1.29, 1.82) is 0 Å². The van der Waals surface area contributed by atoms with Crippen molar-refractivity contribution >= 4 is 17.0 Å². The Kier molecular flexibility index (Phi) is 1.64. The molecule has 16 heavy (non-hydrogen) atoms. The van der Waals surface area contributed by atoms with Gasteiger partial charge in [0, 0.05) is 7.05 Å². The van der Waals surface area contributed by atoms with E-state index in [-0.39, 0.29) is 0 Å². The highest BCUT2D eigenvalue weighted by Crippen LogP contribution is 2.48. The standard InChI is InChI=1S/C11H11N3O2/c1-14-9-3-2-7(6-8(9)12-13-14)11(4-5-11)10(15)16/h2-3,6H,4-5H2,1H3,(H,15,16). The molecule has 0 spiro atoms. The van der Waals surface area contributed by atoms with Crippen molar-refractivity contribution in [1.82, 2.24) is 15.0 Å². The Morgan fingerprint density at radius 3 is 2.88 bits per heavy atom. The Morgan fingerprint density at radius 1 is 1.50 bits per heavy atom. The van der Waals surface area contributed by atoms with E-state index >= 15 is 0 Å². The molecule has 1 aliphatic rings. The minimum absolute atomic E-state index is 0.661. The smallest absolute Gasteiger partial charge is 0.314 e. The first-order valence-electron chi connectivity index (χ1n) is 5.17. The number of carbonyl (C=O) groups is 1. The molecule has 1 aliphatic carbocycles. The van der Waals surface area contributed by atoms with E-state index in [1.54, 1.807) is 4.68 Å². The lowest BCUT2D eigenvalue weighted by atomic mass is 9.96. The fourth-order valence-electron chi connectivity index (χ4n) is 2.09. The largest absolute Gasteiger partial charge is 0.481 e. The Hall–Kier alpha value is -1.91. The maximum Gasteiger partial charge on any atom is 0.314 e. The normalized spacial score (nSPS) is 17.6. The van der Waals surface area contributed by atoms with E-state index in [0.717, 1.165) is 16.6 Å². The molecular formula is C11H11N3O2. The maximum atomic E-state index is 11.2. The molecule has 1 saturated carbocycles. The van der Waals surface area contributed by atoms with Gasteiger partial charge in [0.15, 0.2) is 0 Å². The molecule has 1 N–H and O–H groups in total. The third kappa shape index (κ3) is 1.08. The van der Waals surface area contributed by atoms with Crippen LogP contribution in [-0.4, -0.2) is 26.1 Å². The molecule has 1 heterocycles. The Bertz CT molecular complexity index is 584. The molecule has 1 aromatic heterocycles. The summed E-state index contributed by atoms with van der Waals surface area (Å²) in [5.41, 5.74) is 1.86. The Morgan fingerprint density at radius 2 is 2.25 bits per heavy atom. The molecule has 5 nitrogen and oxygen atoms in total. The quantitative estimate of drug-likeness (QED) is 0.817. The van der Waals surface area contributed by atoms with Crippen LogP contribution in [0.15, 0.2) is 18.2 Å². The summed E-state index contributed by atoms with van der Waals surface area (Å²) in [4.78, 5) is 11.2. The van der Waals surface area contributed by atoms with Crippen LogP contribution in [0.4, 0.5) is 0 Å². The zero-order chi connectivity index (χ0) is 11.3. The summed E-state index contributed by atoms with van der Waals surface area (Å²) in [5.74, 6) is -0.740. The number of rotatable bonds is 2. The van der Waals surface area contributed by atoms with Crippen molar-refractivity contribution in [2.75, 3.05) is 0 Å². The average molecular weight is 217 g/mol. The summed E-state index contributed by atoms with van der Waals surface area (Å²) in [5, 5.41) is 17.1.